The molecule has 0 unspecified atom stereocenters. The Morgan fingerprint density at radius 2 is 1.41 bits per heavy atom. The summed E-state index contributed by atoms with van der Waals surface area (Å²) in [6, 6.07) is 14.3. The average molecular weight is 529 g/mol. The van der Waals surface area contributed by atoms with Crippen molar-refractivity contribution < 1.29 is 9.50 Å². The Balaban J connectivity index is 1.50. The van der Waals surface area contributed by atoms with Crippen LogP contribution in [0.4, 0.5) is 10.1 Å². The summed E-state index contributed by atoms with van der Waals surface area (Å²) in [5.74, 6) is -0.382. The quantitative estimate of drug-likeness (QED) is 0.359. The molecule has 0 spiro atoms. The Hall–Kier alpha value is -3.84. The van der Waals surface area contributed by atoms with Crippen molar-refractivity contribution in [2.75, 3.05) is 31.1 Å². The van der Waals surface area contributed by atoms with Gasteiger partial charge in [-0.1, -0.05) is 18.2 Å². The maximum atomic E-state index is 15.0. The van der Waals surface area contributed by atoms with E-state index in [9.17, 15) is 14.3 Å². The highest BCUT2D eigenvalue weighted by atomic mass is 19.1. The minimum Gasteiger partial charge on any atom is -0.507 e. The topological polar surface area (TPSA) is 53.6 Å². The van der Waals surface area contributed by atoms with Crippen LogP contribution >= 0.6 is 0 Å². The molecule has 1 saturated heterocycles. The lowest BCUT2D eigenvalue weighted by Crippen LogP contribution is -2.53. The zero-order valence-electron chi connectivity index (χ0n) is 23.6. The van der Waals surface area contributed by atoms with Crippen LogP contribution in [0.5, 0.6) is 5.75 Å². The maximum Gasteiger partial charge on any atom is 0.332 e. The molecule has 0 aliphatic carbocycles. The molecule has 0 bridgehead atoms. The third-order valence-corrected chi connectivity index (χ3v) is 7.88. The standard InChI is InChI=1S/C32H37FN4O2/c1-21-7-8-24(18-29(21)35-12-14-36(15-13-35)32(3,4)5)27-20-25(33)19-26(30(27)38)23-9-10-28(22(2)17-23)37-16-11-34(6)31(37)39/h7-11,16-20,38H,12-15H2,1-6H3. The van der Waals surface area contributed by atoms with Crippen LogP contribution in [0, 0.1) is 19.7 Å². The lowest BCUT2D eigenvalue weighted by molar-refractivity contribution is 0.128. The Bertz CT molecular complexity index is 1590. The van der Waals surface area contributed by atoms with Crippen LogP contribution in [0.1, 0.15) is 31.9 Å². The number of anilines is 1. The summed E-state index contributed by atoms with van der Waals surface area (Å²) in [6.07, 6.45) is 3.43. The molecule has 1 aromatic heterocycles. The number of rotatable bonds is 4. The number of phenols is 1. The summed E-state index contributed by atoms with van der Waals surface area (Å²) in [4.78, 5) is 17.3. The first-order chi connectivity index (χ1) is 18.4. The van der Waals surface area contributed by atoms with Gasteiger partial charge in [-0.15, -0.1) is 0 Å². The molecule has 39 heavy (non-hydrogen) atoms. The van der Waals surface area contributed by atoms with E-state index in [0.717, 1.165) is 54.2 Å². The maximum absolute atomic E-state index is 15.0. The van der Waals surface area contributed by atoms with Crippen molar-refractivity contribution in [2.24, 2.45) is 7.05 Å². The minimum absolute atomic E-state index is 0.0350. The molecule has 204 valence electrons. The van der Waals surface area contributed by atoms with E-state index in [2.05, 4.69) is 43.6 Å². The third kappa shape index (κ3) is 5.11. The number of halogens is 1. The molecule has 0 radical (unpaired) electrons. The van der Waals surface area contributed by atoms with Crippen molar-refractivity contribution in [3.63, 3.8) is 0 Å². The zero-order valence-corrected chi connectivity index (χ0v) is 23.6. The second-order valence-electron chi connectivity index (χ2n) is 11.6. The summed E-state index contributed by atoms with van der Waals surface area (Å²) in [6.45, 7) is 14.5. The fourth-order valence-corrected chi connectivity index (χ4v) is 5.52. The SMILES string of the molecule is Cc1ccc(-c2cc(F)cc(-c3ccc(-n4ccn(C)c4=O)c(C)c3)c2O)cc1N1CCN(C(C)(C)C)CC1. The van der Waals surface area contributed by atoms with E-state index in [1.54, 1.807) is 24.0 Å². The molecule has 6 nitrogen and oxygen atoms in total. The van der Waals surface area contributed by atoms with Crippen molar-refractivity contribution in [2.45, 2.75) is 40.2 Å². The fourth-order valence-electron chi connectivity index (χ4n) is 5.52. The van der Waals surface area contributed by atoms with E-state index in [0.29, 0.717) is 16.7 Å². The van der Waals surface area contributed by atoms with Gasteiger partial charge in [-0.05, 0) is 87.2 Å². The molecular weight excluding hydrogens is 491 g/mol. The van der Waals surface area contributed by atoms with Crippen molar-refractivity contribution in [1.82, 2.24) is 14.0 Å². The van der Waals surface area contributed by atoms with E-state index < -0.39 is 5.82 Å². The highest BCUT2D eigenvalue weighted by Gasteiger charge is 2.26. The molecule has 5 rings (SSSR count). The number of hydrogen-bond acceptors (Lipinski definition) is 4. The molecule has 2 heterocycles. The fraction of sp³-hybridized carbons (Fsp3) is 0.344. The van der Waals surface area contributed by atoms with Gasteiger partial charge in [0.15, 0.2) is 0 Å². The lowest BCUT2D eigenvalue weighted by Gasteiger charge is -2.43. The average Bonchev–Trinajstić information content (AvgIpc) is 3.22. The monoisotopic (exact) mass is 528 g/mol. The van der Waals surface area contributed by atoms with Crippen LogP contribution in [-0.2, 0) is 7.05 Å². The first kappa shape index (κ1) is 26.8. The van der Waals surface area contributed by atoms with E-state index in [1.165, 1.54) is 16.7 Å². The van der Waals surface area contributed by atoms with Gasteiger partial charge < -0.3 is 14.6 Å². The van der Waals surface area contributed by atoms with Gasteiger partial charge in [0.2, 0.25) is 0 Å². The number of piperazine rings is 1. The predicted molar refractivity (Wildman–Crippen MR) is 157 cm³/mol. The molecule has 1 N–H and O–H groups in total. The number of nitrogens with zero attached hydrogens (tertiary/aromatic N) is 4. The van der Waals surface area contributed by atoms with Crippen LogP contribution in [0.15, 0.2) is 65.7 Å². The number of aromatic hydroxyl groups is 1. The zero-order chi connectivity index (χ0) is 28.1. The highest BCUT2D eigenvalue weighted by Crippen LogP contribution is 2.41. The van der Waals surface area contributed by atoms with Crippen LogP contribution in [0.2, 0.25) is 0 Å². The van der Waals surface area contributed by atoms with Crippen LogP contribution in [0.25, 0.3) is 27.9 Å². The molecule has 3 aromatic carbocycles. The molecule has 1 aliphatic heterocycles. The first-order valence-electron chi connectivity index (χ1n) is 13.4. The number of aryl methyl sites for hydroxylation is 3. The van der Waals surface area contributed by atoms with Gasteiger partial charge in [-0.3, -0.25) is 9.47 Å². The molecule has 4 aromatic rings. The predicted octanol–water partition coefficient (Wildman–Crippen LogP) is 5.89. The van der Waals surface area contributed by atoms with Gasteiger partial charge >= 0.3 is 5.69 Å². The molecule has 1 fully saturated rings. The third-order valence-electron chi connectivity index (χ3n) is 7.88. The van der Waals surface area contributed by atoms with Crippen molar-refractivity contribution in [1.29, 1.82) is 0 Å². The number of hydrogen-bond donors (Lipinski definition) is 1. The van der Waals surface area contributed by atoms with Gasteiger partial charge in [-0.25, -0.2) is 9.18 Å². The molecule has 7 heteroatoms. The largest absolute Gasteiger partial charge is 0.507 e. The normalized spacial score (nSPS) is 14.7. The summed E-state index contributed by atoms with van der Waals surface area (Å²) in [5, 5.41) is 11.4. The summed E-state index contributed by atoms with van der Waals surface area (Å²) >= 11 is 0. The Morgan fingerprint density at radius 1 is 0.795 bits per heavy atom. The highest BCUT2D eigenvalue weighted by molar-refractivity contribution is 5.84. The smallest absolute Gasteiger partial charge is 0.332 e. The van der Waals surface area contributed by atoms with E-state index in [-0.39, 0.29) is 17.0 Å². The number of phenolic OH excluding ortho intramolecular Hbond substituents is 1. The Morgan fingerprint density at radius 3 is 1.97 bits per heavy atom. The van der Waals surface area contributed by atoms with Gasteiger partial charge in [0.05, 0.1) is 5.69 Å². The number of imidazole rings is 1. The van der Waals surface area contributed by atoms with Gasteiger partial charge in [-0.2, -0.15) is 0 Å². The second-order valence-corrected chi connectivity index (χ2v) is 11.6. The molecule has 0 amide bonds. The molecular formula is C32H37FN4O2. The van der Waals surface area contributed by atoms with Crippen molar-refractivity contribution >= 4 is 5.69 Å². The summed E-state index contributed by atoms with van der Waals surface area (Å²) < 4.78 is 18.1. The second kappa shape index (κ2) is 10.0. The molecule has 0 saturated carbocycles. The Labute approximate surface area is 229 Å². The van der Waals surface area contributed by atoms with Crippen molar-refractivity contribution in [3.05, 3.63) is 88.4 Å². The van der Waals surface area contributed by atoms with Gasteiger partial charge in [0, 0.05) is 68.0 Å². The lowest BCUT2D eigenvalue weighted by atomic mass is 9.94. The van der Waals surface area contributed by atoms with Gasteiger partial charge in [0.1, 0.15) is 11.6 Å². The number of benzene rings is 3. The van der Waals surface area contributed by atoms with Crippen molar-refractivity contribution in [3.8, 4) is 33.7 Å². The van der Waals surface area contributed by atoms with E-state index in [1.807, 2.05) is 37.3 Å². The van der Waals surface area contributed by atoms with E-state index in [4.69, 9.17) is 0 Å². The minimum atomic E-state index is -0.417. The van der Waals surface area contributed by atoms with Crippen LogP contribution in [0.3, 0.4) is 0 Å². The number of aromatic nitrogens is 2. The first-order valence-corrected chi connectivity index (χ1v) is 13.4. The van der Waals surface area contributed by atoms with Crippen LogP contribution in [-0.4, -0.2) is 50.9 Å². The van der Waals surface area contributed by atoms with Crippen LogP contribution < -0.4 is 10.6 Å². The van der Waals surface area contributed by atoms with Gasteiger partial charge in [0.25, 0.3) is 0 Å². The molecule has 0 atom stereocenters. The summed E-state index contributed by atoms with van der Waals surface area (Å²) in [7, 11) is 1.71. The van der Waals surface area contributed by atoms with E-state index >= 15 is 0 Å². The Kier molecular flexibility index (Phi) is 6.89. The summed E-state index contributed by atoms with van der Waals surface area (Å²) in [5.41, 5.74) is 6.19. The molecule has 1 aliphatic rings.